The summed E-state index contributed by atoms with van der Waals surface area (Å²) in [6.45, 7) is 1.74. The quantitative estimate of drug-likeness (QED) is 0.657. The minimum Gasteiger partial charge on any atom is -0.454 e. The van der Waals surface area contributed by atoms with Gasteiger partial charge in [0.15, 0.2) is 12.4 Å². The molecule has 26 heavy (non-hydrogen) atoms. The Balaban J connectivity index is 1.78. The molecule has 0 aliphatic heterocycles. The molecule has 0 bridgehead atoms. The molecule has 1 aromatic heterocycles. The van der Waals surface area contributed by atoms with E-state index >= 15 is 0 Å². The van der Waals surface area contributed by atoms with Gasteiger partial charge in [-0.05, 0) is 31.2 Å². The van der Waals surface area contributed by atoms with Crippen molar-refractivity contribution in [2.75, 3.05) is 11.9 Å². The molecular weight excluding hydrogens is 332 g/mol. The molecular formula is C20H18N2O4. The van der Waals surface area contributed by atoms with Crippen LogP contribution in [0.5, 0.6) is 0 Å². The zero-order valence-corrected chi connectivity index (χ0v) is 14.5. The summed E-state index contributed by atoms with van der Waals surface area (Å²) in [5, 5.41) is 3.74. The third-order valence-corrected chi connectivity index (χ3v) is 3.85. The summed E-state index contributed by atoms with van der Waals surface area (Å²) in [6, 6.07) is 17.5. The molecule has 132 valence electrons. The van der Waals surface area contributed by atoms with Gasteiger partial charge < -0.3 is 14.2 Å². The van der Waals surface area contributed by atoms with E-state index in [1.165, 1.54) is 4.90 Å². The lowest BCUT2D eigenvalue weighted by Crippen LogP contribution is -2.28. The first-order chi connectivity index (χ1) is 12.6. The van der Waals surface area contributed by atoms with Gasteiger partial charge in [-0.1, -0.05) is 35.5 Å². The molecule has 3 aromatic rings. The van der Waals surface area contributed by atoms with E-state index in [2.05, 4.69) is 5.16 Å². The first-order valence-corrected chi connectivity index (χ1v) is 8.07. The number of rotatable bonds is 5. The van der Waals surface area contributed by atoms with Crippen molar-refractivity contribution in [2.24, 2.45) is 0 Å². The van der Waals surface area contributed by atoms with Gasteiger partial charge in [0.05, 0.1) is 16.8 Å². The van der Waals surface area contributed by atoms with E-state index in [4.69, 9.17) is 9.26 Å². The average Bonchev–Trinajstić information content (AvgIpc) is 3.11. The van der Waals surface area contributed by atoms with Gasteiger partial charge in [0, 0.05) is 18.8 Å². The van der Waals surface area contributed by atoms with Gasteiger partial charge in [0.25, 0.3) is 5.91 Å². The number of esters is 1. The van der Waals surface area contributed by atoms with Crippen LogP contribution in [0, 0.1) is 6.92 Å². The fourth-order valence-corrected chi connectivity index (χ4v) is 2.50. The lowest BCUT2D eigenvalue weighted by Gasteiger charge is -2.18. The van der Waals surface area contributed by atoms with Gasteiger partial charge in [-0.15, -0.1) is 0 Å². The molecule has 0 fully saturated rings. The Hall–Kier alpha value is -3.41. The van der Waals surface area contributed by atoms with Crippen molar-refractivity contribution in [2.45, 2.75) is 13.5 Å². The predicted molar refractivity (Wildman–Crippen MR) is 96.0 cm³/mol. The number of nitrogens with zero attached hydrogens (tertiary/aromatic N) is 2. The van der Waals surface area contributed by atoms with Crippen molar-refractivity contribution in [3.8, 4) is 0 Å². The second-order valence-electron chi connectivity index (χ2n) is 5.76. The maximum atomic E-state index is 12.8. The maximum absolute atomic E-state index is 12.8. The van der Waals surface area contributed by atoms with E-state index in [-0.39, 0.29) is 23.6 Å². The molecule has 0 saturated carbocycles. The van der Waals surface area contributed by atoms with Gasteiger partial charge >= 0.3 is 5.97 Å². The number of carbonyl (C=O) groups excluding carboxylic acids is 2. The first-order valence-electron chi connectivity index (χ1n) is 8.07. The molecule has 0 atom stereocenters. The Morgan fingerprint density at radius 3 is 2.35 bits per heavy atom. The molecule has 1 amide bonds. The zero-order chi connectivity index (χ0) is 18.5. The van der Waals surface area contributed by atoms with Gasteiger partial charge in [-0.3, -0.25) is 4.79 Å². The summed E-state index contributed by atoms with van der Waals surface area (Å²) in [5.74, 6) is -0.440. The number of ether oxygens (including phenoxy) is 1. The smallest absolute Gasteiger partial charge is 0.339 e. The van der Waals surface area contributed by atoms with Gasteiger partial charge in [-0.25, -0.2) is 4.79 Å². The topological polar surface area (TPSA) is 72.6 Å². The highest BCUT2D eigenvalue weighted by atomic mass is 16.5. The standard InChI is InChI=1S/C20H18N2O4/c1-14-12-16(26-21-14)13-25-20(24)18-11-7-6-10-17(18)19(23)22(2)15-8-4-3-5-9-15/h3-12H,13H2,1-2H3. The van der Waals surface area contributed by atoms with Crippen LogP contribution in [-0.2, 0) is 11.3 Å². The van der Waals surface area contributed by atoms with E-state index in [0.29, 0.717) is 11.5 Å². The Morgan fingerprint density at radius 1 is 1.04 bits per heavy atom. The monoisotopic (exact) mass is 350 g/mol. The predicted octanol–water partition coefficient (Wildman–Crippen LogP) is 3.62. The third-order valence-electron chi connectivity index (χ3n) is 3.85. The number of hydrogen-bond donors (Lipinski definition) is 0. The Morgan fingerprint density at radius 2 is 1.69 bits per heavy atom. The van der Waals surface area contributed by atoms with Crippen LogP contribution in [0.4, 0.5) is 5.69 Å². The van der Waals surface area contributed by atoms with Crippen LogP contribution in [0.1, 0.15) is 32.2 Å². The average molecular weight is 350 g/mol. The minimum absolute atomic E-state index is 0.0449. The first kappa shape index (κ1) is 17.4. The van der Waals surface area contributed by atoms with Gasteiger partial charge in [-0.2, -0.15) is 0 Å². The summed E-state index contributed by atoms with van der Waals surface area (Å²) in [6.07, 6.45) is 0. The highest BCUT2D eigenvalue weighted by Crippen LogP contribution is 2.18. The molecule has 0 aliphatic carbocycles. The SMILES string of the molecule is Cc1cc(COC(=O)c2ccccc2C(=O)N(C)c2ccccc2)on1. The minimum atomic E-state index is -0.593. The van der Waals surface area contributed by atoms with Crippen molar-refractivity contribution in [1.29, 1.82) is 0 Å². The number of benzene rings is 2. The molecule has 0 aliphatic rings. The Kier molecular flexibility index (Phi) is 5.12. The van der Waals surface area contributed by atoms with Crippen molar-refractivity contribution in [1.82, 2.24) is 5.16 Å². The Bertz CT molecular complexity index is 918. The fraction of sp³-hybridized carbons (Fsp3) is 0.150. The largest absolute Gasteiger partial charge is 0.454 e. The molecule has 1 heterocycles. The second kappa shape index (κ2) is 7.65. The number of aromatic nitrogens is 1. The highest BCUT2D eigenvalue weighted by Gasteiger charge is 2.21. The van der Waals surface area contributed by atoms with Crippen LogP contribution in [0.15, 0.2) is 65.2 Å². The number of aryl methyl sites for hydroxylation is 1. The van der Waals surface area contributed by atoms with E-state index < -0.39 is 5.97 Å². The lowest BCUT2D eigenvalue weighted by atomic mass is 10.1. The number of anilines is 1. The van der Waals surface area contributed by atoms with Crippen molar-refractivity contribution >= 4 is 17.6 Å². The number of hydrogen-bond acceptors (Lipinski definition) is 5. The summed E-state index contributed by atoms with van der Waals surface area (Å²) in [4.78, 5) is 26.8. The van der Waals surface area contributed by atoms with Crippen LogP contribution in [0.3, 0.4) is 0 Å². The molecule has 3 rings (SSSR count). The van der Waals surface area contributed by atoms with E-state index in [0.717, 1.165) is 5.69 Å². The third kappa shape index (κ3) is 3.80. The van der Waals surface area contributed by atoms with Crippen LogP contribution < -0.4 is 4.90 Å². The van der Waals surface area contributed by atoms with Crippen molar-refractivity contribution in [3.05, 3.63) is 83.2 Å². The summed E-state index contributed by atoms with van der Waals surface area (Å²) < 4.78 is 10.3. The number of amides is 1. The van der Waals surface area contributed by atoms with Gasteiger partial charge in [0.2, 0.25) is 0 Å². The normalized spacial score (nSPS) is 10.4. The van der Waals surface area contributed by atoms with Crippen LogP contribution in [0.2, 0.25) is 0 Å². The molecule has 0 spiro atoms. The molecule has 2 aromatic carbocycles. The lowest BCUT2D eigenvalue weighted by molar-refractivity contribution is 0.0434. The molecule has 0 N–H and O–H groups in total. The summed E-state index contributed by atoms with van der Waals surface area (Å²) in [7, 11) is 1.66. The number of carbonyl (C=O) groups is 2. The Labute approximate surface area is 151 Å². The van der Waals surface area contributed by atoms with E-state index in [1.807, 2.05) is 30.3 Å². The highest BCUT2D eigenvalue weighted by molar-refractivity contribution is 6.11. The molecule has 6 nitrogen and oxygen atoms in total. The van der Waals surface area contributed by atoms with Crippen LogP contribution in [0.25, 0.3) is 0 Å². The summed E-state index contributed by atoms with van der Waals surface area (Å²) >= 11 is 0. The fourth-order valence-electron chi connectivity index (χ4n) is 2.50. The van der Waals surface area contributed by atoms with Crippen LogP contribution >= 0.6 is 0 Å². The zero-order valence-electron chi connectivity index (χ0n) is 14.5. The van der Waals surface area contributed by atoms with E-state index in [1.54, 1.807) is 44.3 Å². The van der Waals surface area contributed by atoms with Crippen molar-refractivity contribution < 1.29 is 18.8 Å². The summed E-state index contributed by atoms with van der Waals surface area (Å²) in [5.41, 5.74) is 1.92. The molecule has 0 radical (unpaired) electrons. The maximum Gasteiger partial charge on any atom is 0.339 e. The van der Waals surface area contributed by atoms with Crippen molar-refractivity contribution in [3.63, 3.8) is 0 Å². The number of para-hydroxylation sites is 1. The molecule has 0 saturated heterocycles. The van der Waals surface area contributed by atoms with E-state index in [9.17, 15) is 9.59 Å². The second-order valence-corrected chi connectivity index (χ2v) is 5.76. The van der Waals surface area contributed by atoms with Crippen LogP contribution in [-0.4, -0.2) is 24.1 Å². The molecule has 6 heteroatoms. The van der Waals surface area contributed by atoms with Gasteiger partial charge in [0.1, 0.15) is 0 Å². The molecule has 0 unspecified atom stereocenters.